The van der Waals surface area contributed by atoms with Crippen molar-refractivity contribution in [3.63, 3.8) is 0 Å². The third-order valence-corrected chi connectivity index (χ3v) is 14.2. The fourth-order valence-electron chi connectivity index (χ4n) is 10.8. The first-order valence-corrected chi connectivity index (χ1v) is 23.6. The van der Waals surface area contributed by atoms with Gasteiger partial charge in [0.1, 0.15) is 0 Å². The van der Waals surface area contributed by atoms with Gasteiger partial charge < -0.3 is 9.80 Å². The van der Waals surface area contributed by atoms with Gasteiger partial charge >= 0.3 is 0 Å². The number of hydrogen-bond acceptors (Lipinski definition) is 4. The Kier molecular flexibility index (Phi) is 9.75. The monoisotopic (exact) mass is 870 g/mol. The average molecular weight is 871 g/mol. The fraction of sp³-hybridized carbons (Fsp3) is 0.0625. The lowest BCUT2D eigenvalue weighted by atomic mass is 9.88. The zero-order valence-corrected chi connectivity index (χ0v) is 37.3. The molecule has 4 nitrogen and oxygen atoms in total. The van der Waals surface area contributed by atoms with Gasteiger partial charge in [0.25, 0.3) is 0 Å². The van der Waals surface area contributed by atoms with Crippen LogP contribution in [0.5, 0.6) is 0 Å². The van der Waals surface area contributed by atoms with E-state index in [1.165, 1.54) is 56.1 Å². The molecule has 0 N–H and O–H groups in total. The van der Waals surface area contributed by atoms with Crippen molar-refractivity contribution in [2.75, 3.05) is 9.80 Å². The quantitative estimate of drug-likeness (QED) is 0.152. The summed E-state index contributed by atoms with van der Waals surface area (Å²) in [6.07, 6.45) is 18.4. The molecule has 322 valence electrons. The normalized spacial score (nSPS) is 18.3. The summed E-state index contributed by atoms with van der Waals surface area (Å²) in [6, 6.07) is 74.4. The van der Waals surface area contributed by atoms with E-state index in [0.717, 1.165) is 45.0 Å². The lowest BCUT2D eigenvalue weighted by Crippen LogP contribution is -2.31. The first kappa shape index (κ1) is 39.7. The average Bonchev–Trinajstić information content (AvgIpc) is 3.95. The SMILES string of the molecule is C1=CC2c3ccc4c(c3N(c3ccc(-c5ccc(-c6cccc(-c7ccccc7)n6)cc5)cc3)C2C=C1)N(c1ccc(-c2ccc(-c3cccc(-c5ccccc5)n3)cc2)cc1)C1C=CC=CC41. The van der Waals surface area contributed by atoms with Gasteiger partial charge in [-0.15, -0.1) is 0 Å². The lowest BCUT2D eigenvalue weighted by Gasteiger charge is -2.33. The van der Waals surface area contributed by atoms with Crippen LogP contribution in [0.25, 0.3) is 67.3 Å². The summed E-state index contributed by atoms with van der Waals surface area (Å²) in [4.78, 5) is 15.2. The van der Waals surface area contributed by atoms with Gasteiger partial charge in [-0.25, -0.2) is 9.97 Å². The molecule has 13 rings (SSSR count). The minimum atomic E-state index is 0.169. The summed E-state index contributed by atoms with van der Waals surface area (Å²) >= 11 is 0. The van der Waals surface area contributed by atoms with Gasteiger partial charge in [-0.1, -0.05) is 206 Å². The number of nitrogens with zero attached hydrogens (tertiary/aromatic N) is 4. The fourth-order valence-corrected chi connectivity index (χ4v) is 10.8. The molecule has 68 heavy (non-hydrogen) atoms. The summed E-state index contributed by atoms with van der Waals surface area (Å²) in [6.45, 7) is 0. The molecular weight excluding hydrogens is 825 g/mol. The maximum Gasteiger partial charge on any atom is 0.0709 e. The first-order valence-electron chi connectivity index (χ1n) is 23.6. The molecule has 9 aromatic rings. The molecule has 4 atom stereocenters. The number of fused-ring (bicyclic) bond motifs is 7. The molecule has 0 bridgehead atoms. The first-order chi connectivity index (χ1) is 33.7. The largest absolute Gasteiger partial charge is 0.332 e. The second-order valence-corrected chi connectivity index (χ2v) is 18.1. The highest BCUT2D eigenvalue weighted by Gasteiger charge is 2.46. The zero-order chi connectivity index (χ0) is 45.0. The molecule has 4 unspecified atom stereocenters. The summed E-state index contributed by atoms with van der Waals surface area (Å²) in [5.41, 5.74) is 20.8. The highest BCUT2D eigenvalue weighted by molar-refractivity contribution is 5.94. The third kappa shape index (κ3) is 6.92. The van der Waals surface area contributed by atoms with E-state index < -0.39 is 0 Å². The Hall–Kier alpha value is -8.60. The Balaban J connectivity index is 0.815. The van der Waals surface area contributed by atoms with Crippen molar-refractivity contribution in [1.29, 1.82) is 0 Å². The molecule has 7 aromatic carbocycles. The molecule has 2 aromatic heterocycles. The Bertz CT molecular complexity index is 3210. The van der Waals surface area contributed by atoms with E-state index in [-0.39, 0.29) is 23.9 Å². The van der Waals surface area contributed by atoms with Crippen molar-refractivity contribution in [3.05, 3.63) is 266 Å². The molecule has 0 spiro atoms. The van der Waals surface area contributed by atoms with Crippen LogP contribution in [0.1, 0.15) is 23.0 Å². The molecule has 2 aliphatic carbocycles. The Morgan fingerprint density at radius 1 is 0.265 bits per heavy atom. The summed E-state index contributed by atoms with van der Waals surface area (Å²) < 4.78 is 0. The predicted octanol–water partition coefficient (Wildman–Crippen LogP) is 15.9. The lowest BCUT2D eigenvalue weighted by molar-refractivity contribution is 0.737. The van der Waals surface area contributed by atoms with Crippen molar-refractivity contribution in [3.8, 4) is 67.3 Å². The van der Waals surface area contributed by atoms with Crippen LogP contribution in [-0.2, 0) is 0 Å². The van der Waals surface area contributed by atoms with Crippen molar-refractivity contribution in [2.24, 2.45) is 0 Å². The van der Waals surface area contributed by atoms with Crippen LogP contribution in [0.15, 0.2) is 255 Å². The van der Waals surface area contributed by atoms with Gasteiger partial charge in [0.15, 0.2) is 0 Å². The molecule has 4 heteroatoms. The third-order valence-electron chi connectivity index (χ3n) is 14.2. The molecule has 0 saturated carbocycles. The van der Waals surface area contributed by atoms with Gasteiger partial charge in [0.05, 0.1) is 46.2 Å². The van der Waals surface area contributed by atoms with E-state index in [9.17, 15) is 0 Å². The Morgan fingerprint density at radius 3 is 0.941 bits per heavy atom. The minimum Gasteiger partial charge on any atom is -0.332 e. The van der Waals surface area contributed by atoms with Crippen LogP contribution < -0.4 is 9.80 Å². The van der Waals surface area contributed by atoms with Crippen LogP contribution in [-0.4, -0.2) is 22.1 Å². The zero-order valence-electron chi connectivity index (χ0n) is 37.3. The van der Waals surface area contributed by atoms with Gasteiger partial charge in [-0.2, -0.15) is 0 Å². The maximum absolute atomic E-state index is 5.00. The molecule has 0 fully saturated rings. The van der Waals surface area contributed by atoms with E-state index in [1.807, 2.05) is 12.1 Å². The van der Waals surface area contributed by atoms with Crippen molar-refractivity contribution in [1.82, 2.24) is 9.97 Å². The minimum absolute atomic E-state index is 0.169. The molecule has 0 radical (unpaired) electrons. The molecule has 4 heterocycles. The second kappa shape index (κ2) is 16.7. The van der Waals surface area contributed by atoms with Gasteiger partial charge in [-0.05, 0) is 81.9 Å². The van der Waals surface area contributed by atoms with Crippen molar-refractivity contribution >= 4 is 22.7 Å². The highest BCUT2D eigenvalue weighted by Crippen LogP contribution is 2.59. The standard InChI is InChI=1S/C64H46N4/c1-3-13-47(14-4-1)57-19-11-21-59(65-57)49-29-25-43(26-30-49)45-33-37-51(38-34-45)67-61-23-9-7-17-53(61)55-41-42-56-54-18-8-10-24-62(54)68(64(56)63(55)67)52-39-35-46(36-40-52)44-27-31-50(32-28-44)60-22-12-20-58(66-60)48-15-5-2-6-16-48/h1-42,53-54,61-62H. The Morgan fingerprint density at radius 2 is 0.574 bits per heavy atom. The summed E-state index contributed by atoms with van der Waals surface area (Å²) in [7, 11) is 0. The number of anilines is 4. The van der Waals surface area contributed by atoms with E-state index in [1.54, 1.807) is 0 Å². The molecule has 0 amide bonds. The number of benzene rings is 7. The predicted molar refractivity (Wildman–Crippen MR) is 281 cm³/mol. The van der Waals surface area contributed by atoms with Crippen LogP contribution in [0.4, 0.5) is 22.7 Å². The number of rotatable bonds is 8. The Labute approximate surface area is 397 Å². The number of hydrogen-bond donors (Lipinski definition) is 0. The van der Waals surface area contributed by atoms with Crippen molar-refractivity contribution < 1.29 is 0 Å². The van der Waals surface area contributed by atoms with E-state index in [0.29, 0.717) is 0 Å². The smallest absolute Gasteiger partial charge is 0.0709 e. The van der Waals surface area contributed by atoms with Crippen LogP contribution >= 0.6 is 0 Å². The number of pyridine rings is 2. The van der Waals surface area contributed by atoms with Crippen LogP contribution in [0.3, 0.4) is 0 Å². The molecule has 4 aliphatic rings. The molecule has 0 saturated heterocycles. The van der Waals surface area contributed by atoms with Gasteiger partial charge in [0, 0.05) is 45.5 Å². The summed E-state index contributed by atoms with van der Waals surface area (Å²) in [5, 5.41) is 0. The van der Waals surface area contributed by atoms with E-state index in [2.05, 4.69) is 253 Å². The van der Waals surface area contributed by atoms with Crippen LogP contribution in [0, 0.1) is 0 Å². The van der Waals surface area contributed by atoms with E-state index >= 15 is 0 Å². The van der Waals surface area contributed by atoms with Gasteiger partial charge in [-0.3, -0.25) is 0 Å². The topological polar surface area (TPSA) is 32.3 Å². The summed E-state index contributed by atoms with van der Waals surface area (Å²) in [5.74, 6) is 0.497. The van der Waals surface area contributed by atoms with E-state index in [4.69, 9.17) is 9.97 Å². The highest BCUT2D eigenvalue weighted by atomic mass is 15.3. The van der Waals surface area contributed by atoms with Crippen molar-refractivity contribution in [2.45, 2.75) is 23.9 Å². The maximum atomic E-state index is 5.00. The van der Waals surface area contributed by atoms with Crippen LogP contribution in [0.2, 0.25) is 0 Å². The number of aromatic nitrogens is 2. The van der Waals surface area contributed by atoms with Gasteiger partial charge in [0.2, 0.25) is 0 Å². The molecule has 2 aliphatic heterocycles. The number of allylic oxidation sites excluding steroid dienone is 4. The second-order valence-electron chi connectivity index (χ2n) is 18.1. The molecular formula is C64H46N4.